The summed E-state index contributed by atoms with van der Waals surface area (Å²) in [5, 5.41) is 3.28. The normalized spacial score (nSPS) is 19.6. The monoisotopic (exact) mass is 304 g/mol. The number of benzene rings is 1. The number of hydrogen-bond donors (Lipinski definition) is 2. The number of nitrogens with two attached hydrogens (primary N) is 1. The van der Waals surface area contributed by atoms with Crippen molar-refractivity contribution in [3.63, 3.8) is 0 Å². The average Bonchev–Trinajstić information content (AvgIpc) is 2.81. The van der Waals surface area contributed by atoms with Crippen LogP contribution in [0.1, 0.15) is 30.1 Å². The molecule has 0 aliphatic carbocycles. The van der Waals surface area contributed by atoms with Gasteiger partial charge in [0.05, 0.1) is 22.7 Å². The Kier molecular flexibility index (Phi) is 5.91. The first kappa shape index (κ1) is 16.1. The molecule has 2 atom stereocenters. The molecule has 1 fully saturated rings. The summed E-state index contributed by atoms with van der Waals surface area (Å²) in [7, 11) is 0. The van der Waals surface area contributed by atoms with Gasteiger partial charge in [0.15, 0.2) is 0 Å². The van der Waals surface area contributed by atoms with Crippen LogP contribution in [0.3, 0.4) is 0 Å². The zero-order chi connectivity index (χ0) is 13.1. The molecule has 106 valence electrons. The van der Waals surface area contributed by atoms with Crippen LogP contribution >= 0.6 is 24.0 Å². The Hall–Kier alpha value is -0.970. The van der Waals surface area contributed by atoms with Crippen LogP contribution in [0.5, 0.6) is 0 Å². The van der Waals surface area contributed by atoms with Crippen LogP contribution in [0, 0.1) is 0 Å². The van der Waals surface area contributed by atoms with Gasteiger partial charge in [0.2, 0.25) is 0 Å². The van der Waals surface area contributed by atoms with Gasteiger partial charge in [0, 0.05) is 12.3 Å². The zero-order valence-electron chi connectivity index (χ0n) is 10.7. The Bertz CT molecular complexity index is 448. The van der Waals surface area contributed by atoms with Crippen molar-refractivity contribution < 1.29 is 9.53 Å². The van der Waals surface area contributed by atoms with Crippen LogP contribution in [-0.2, 0) is 4.74 Å². The van der Waals surface area contributed by atoms with Crippen LogP contribution in [0.4, 0.5) is 5.69 Å². The molecule has 1 aliphatic heterocycles. The van der Waals surface area contributed by atoms with E-state index < -0.39 is 0 Å². The van der Waals surface area contributed by atoms with Gasteiger partial charge >= 0.3 is 0 Å². The first-order valence-electron chi connectivity index (χ1n) is 6.05. The number of carbonyl (C=O) groups excluding carboxylic acids is 1. The van der Waals surface area contributed by atoms with E-state index in [4.69, 9.17) is 22.1 Å². The Balaban J connectivity index is 0.00000180. The molecule has 2 unspecified atom stereocenters. The minimum Gasteiger partial charge on any atom is -0.399 e. The van der Waals surface area contributed by atoms with E-state index in [1.54, 1.807) is 18.2 Å². The first-order chi connectivity index (χ1) is 8.58. The predicted octanol–water partition coefficient (Wildman–Crippen LogP) is 2.64. The number of anilines is 1. The van der Waals surface area contributed by atoms with Crippen molar-refractivity contribution in [1.29, 1.82) is 0 Å². The van der Waals surface area contributed by atoms with E-state index in [0.717, 1.165) is 19.4 Å². The topological polar surface area (TPSA) is 64.4 Å². The lowest BCUT2D eigenvalue weighted by Gasteiger charge is -2.20. The molecule has 0 aromatic heterocycles. The highest BCUT2D eigenvalue weighted by Gasteiger charge is 2.24. The third kappa shape index (κ3) is 4.00. The molecule has 1 amide bonds. The standard InChI is InChI=1S/C13H17ClN2O2.ClH/c1-8(12-3-2-6-18-12)16-13(17)10-5-4-9(15)7-11(10)14;/h4-5,7-8,12H,2-3,6,15H2,1H3,(H,16,17);1H. The van der Waals surface area contributed by atoms with Crippen molar-refractivity contribution in [2.24, 2.45) is 0 Å². The van der Waals surface area contributed by atoms with E-state index in [9.17, 15) is 4.79 Å². The summed E-state index contributed by atoms with van der Waals surface area (Å²) in [6, 6.07) is 4.86. The van der Waals surface area contributed by atoms with Crippen LogP contribution in [0.2, 0.25) is 5.02 Å². The van der Waals surface area contributed by atoms with Crippen molar-refractivity contribution in [2.45, 2.75) is 31.9 Å². The van der Waals surface area contributed by atoms with E-state index in [1.165, 1.54) is 0 Å². The molecule has 0 radical (unpaired) electrons. The molecule has 2 rings (SSSR count). The molecular formula is C13H18Cl2N2O2. The van der Waals surface area contributed by atoms with Crippen LogP contribution < -0.4 is 11.1 Å². The summed E-state index contributed by atoms with van der Waals surface area (Å²) in [6.07, 6.45) is 2.13. The van der Waals surface area contributed by atoms with Gasteiger partial charge in [-0.3, -0.25) is 4.79 Å². The molecule has 1 heterocycles. The quantitative estimate of drug-likeness (QED) is 0.844. The second kappa shape index (κ2) is 6.98. The predicted molar refractivity (Wildman–Crippen MR) is 79.0 cm³/mol. The number of halogens is 2. The van der Waals surface area contributed by atoms with Gasteiger partial charge in [-0.25, -0.2) is 0 Å². The van der Waals surface area contributed by atoms with Gasteiger partial charge < -0.3 is 15.8 Å². The lowest BCUT2D eigenvalue weighted by Crippen LogP contribution is -2.40. The number of rotatable bonds is 3. The molecule has 0 spiro atoms. The SMILES string of the molecule is CC(NC(=O)c1ccc(N)cc1Cl)C1CCCO1.Cl. The second-order valence-electron chi connectivity index (χ2n) is 4.55. The number of amides is 1. The molecular weight excluding hydrogens is 287 g/mol. The van der Waals surface area contributed by atoms with Crippen molar-refractivity contribution >= 4 is 35.6 Å². The maximum atomic E-state index is 12.1. The highest BCUT2D eigenvalue weighted by molar-refractivity contribution is 6.34. The maximum absolute atomic E-state index is 12.1. The molecule has 0 bridgehead atoms. The summed E-state index contributed by atoms with van der Waals surface area (Å²) in [4.78, 5) is 12.1. The van der Waals surface area contributed by atoms with Gasteiger partial charge in [0.25, 0.3) is 5.91 Å². The summed E-state index contributed by atoms with van der Waals surface area (Å²) >= 11 is 6.00. The van der Waals surface area contributed by atoms with E-state index in [0.29, 0.717) is 16.3 Å². The van der Waals surface area contributed by atoms with Crippen LogP contribution in [0.15, 0.2) is 18.2 Å². The number of nitrogens with one attached hydrogen (secondary N) is 1. The molecule has 1 aliphatic rings. The van der Waals surface area contributed by atoms with Gasteiger partial charge in [0.1, 0.15) is 0 Å². The van der Waals surface area contributed by atoms with Crippen LogP contribution in [0.25, 0.3) is 0 Å². The van der Waals surface area contributed by atoms with Gasteiger partial charge in [-0.1, -0.05) is 11.6 Å². The van der Waals surface area contributed by atoms with Gasteiger partial charge in [-0.05, 0) is 38.0 Å². The third-order valence-electron chi connectivity index (χ3n) is 3.12. The van der Waals surface area contributed by atoms with Crippen molar-refractivity contribution in [1.82, 2.24) is 5.32 Å². The number of ether oxygens (including phenoxy) is 1. The number of hydrogen-bond acceptors (Lipinski definition) is 3. The van der Waals surface area contributed by atoms with Crippen molar-refractivity contribution in [2.75, 3.05) is 12.3 Å². The second-order valence-corrected chi connectivity index (χ2v) is 4.96. The third-order valence-corrected chi connectivity index (χ3v) is 3.43. The molecule has 1 saturated heterocycles. The first-order valence-corrected chi connectivity index (χ1v) is 6.43. The molecule has 1 aromatic rings. The van der Waals surface area contributed by atoms with E-state index in [-0.39, 0.29) is 30.5 Å². The molecule has 1 aromatic carbocycles. The summed E-state index contributed by atoms with van der Waals surface area (Å²) in [6.45, 7) is 2.71. The van der Waals surface area contributed by atoms with E-state index >= 15 is 0 Å². The minimum atomic E-state index is -0.192. The highest BCUT2D eigenvalue weighted by Crippen LogP contribution is 2.20. The Morgan fingerprint density at radius 3 is 2.89 bits per heavy atom. The summed E-state index contributed by atoms with van der Waals surface area (Å²) < 4.78 is 5.53. The minimum absolute atomic E-state index is 0. The molecule has 19 heavy (non-hydrogen) atoms. The fourth-order valence-electron chi connectivity index (χ4n) is 2.09. The molecule has 0 saturated carbocycles. The fourth-order valence-corrected chi connectivity index (χ4v) is 2.36. The maximum Gasteiger partial charge on any atom is 0.253 e. The fraction of sp³-hybridized carbons (Fsp3) is 0.462. The smallest absolute Gasteiger partial charge is 0.253 e. The largest absolute Gasteiger partial charge is 0.399 e. The highest BCUT2D eigenvalue weighted by atomic mass is 35.5. The van der Waals surface area contributed by atoms with Crippen molar-refractivity contribution in [3.8, 4) is 0 Å². The summed E-state index contributed by atoms with van der Waals surface area (Å²) in [5.74, 6) is -0.192. The van der Waals surface area contributed by atoms with Gasteiger partial charge in [-0.15, -0.1) is 12.4 Å². The Labute approximate surface area is 124 Å². The molecule has 3 N–H and O–H groups in total. The molecule has 4 nitrogen and oxygen atoms in total. The van der Waals surface area contributed by atoms with Crippen LogP contribution in [-0.4, -0.2) is 24.7 Å². The lowest BCUT2D eigenvalue weighted by atomic mass is 10.1. The Morgan fingerprint density at radius 2 is 2.32 bits per heavy atom. The van der Waals surface area contributed by atoms with Crippen molar-refractivity contribution in [3.05, 3.63) is 28.8 Å². The number of nitrogen functional groups attached to an aromatic ring is 1. The van der Waals surface area contributed by atoms with E-state index in [2.05, 4.69) is 5.32 Å². The molecule has 6 heteroatoms. The Morgan fingerprint density at radius 1 is 1.58 bits per heavy atom. The van der Waals surface area contributed by atoms with E-state index in [1.807, 2.05) is 6.92 Å². The average molecular weight is 305 g/mol. The lowest BCUT2D eigenvalue weighted by molar-refractivity contribution is 0.0712. The van der Waals surface area contributed by atoms with Gasteiger partial charge in [-0.2, -0.15) is 0 Å². The summed E-state index contributed by atoms with van der Waals surface area (Å²) in [5.41, 5.74) is 6.58. The number of carbonyl (C=O) groups is 1. The zero-order valence-corrected chi connectivity index (χ0v) is 12.3.